The van der Waals surface area contributed by atoms with Gasteiger partial charge in [0, 0.05) is 12.1 Å². The minimum absolute atomic E-state index is 0.406. The normalized spacial score (nSPS) is 11.3. The van der Waals surface area contributed by atoms with Crippen LogP contribution in [0.1, 0.15) is 19.4 Å². The molecular weight excluding hydrogens is 342 g/mol. The maximum Gasteiger partial charge on any atom is 0.175 e. The summed E-state index contributed by atoms with van der Waals surface area (Å²) >= 11 is 9.00. The Kier molecular flexibility index (Phi) is 8.04. The highest BCUT2D eigenvalue weighted by atomic mass is 79.9. The van der Waals surface area contributed by atoms with Gasteiger partial charge in [-0.05, 0) is 52.2 Å². The van der Waals surface area contributed by atoms with Crippen molar-refractivity contribution >= 4 is 27.5 Å². The first-order valence-electron chi connectivity index (χ1n) is 6.53. The Bertz CT molecular complexity index is 450. The molecule has 0 saturated heterocycles. The summed E-state index contributed by atoms with van der Waals surface area (Å²) in [6.07, 6.45) is 1.73. The molecule has 0 spiro atoms. The maximum absolute atomic E-state index is 5.63. The van der Waals surface area contributed by atoms with E-state index < -0.39 is 0 Å². The average Bonchev–Trinajstić information content (AvgIpc) is 2.40. The van der Waals surface area contributed by atoms with Crippen LogP contribution in [0.4, 0.5) is 0 Å². The zero-order valence-electron chi connectivity index (χ0n) is 12.1. The first-order chi connectivity index (χ1) is 9.58. The van der Waals surface area contributed by atoms with E-state index in [0.29, 0.717) is 24.0 Å². The molecule has 0 aliphatic rings. The Morgan fingerprint density at radius 2 is 2.15 bits per heavy atom. The molecule has 3 nitrogen and oxygen atoms in total. The molecule has 0 atom stereocenters. The van der Waals surface area contributed by atoms with E-state index in [1.807, 2.05) is 12.1 Å². The van der Waals surface area contributed by atoms with Crippen molar-refractivity contribution in [2.75, 3.05) is 20.3 Å². The summed E-state index contributed by atoms with van der Waals surface area (Å²) in [5.41, 5.74) is 2.58. The zero-order valence-corrected chi connectivity index (χ0v) is 14.4. The molecule has 0 fully saturated rings. The molecule has 1 rings (SSSR count). The summed E-state index contributed by atoms with van der Waals surface area (Å²) in [4.78, 5) is 0. The fourth-order valence-electron chi connectivity index (χ4n) is 1.69. The molecule has 1 N–H and O–H groups in total. The minimum Gasteiger partial charge on any atom is -0.493 e. The Labute approximate surface area is 134 Å². The van der Waals surface area contributed by atoms with Gasteiger partial charge in [-0.2, -0.15) is 0 Å². The summed E-state index contributed by atoms with van der Waals surface area (Å²) in [5, 5.41) is 3.41. The average molecular weight is 363 g/mol. The SMILES string of the molecule is COc1cc(CNCC(C)C)cc(Br)c1OCC=CCl. The molecular formula is C15H21BrClNO2. The number of halogens is 2. The van der Waals surface area contributed by atoms with Gasteiger partial charge < -0.3 is 14.8 Å². The van der Waals surface area contributed by atoms with E-state index in [1.165, 1.54) is 5.54 Å². The Morgan fingerprint density at radius 3 is 2.75 bits per heavy atom. The summed E-state index contributed by atoms with van der Waals surface area (Å²) in [5.74, 6) is 2.03. The summed E-state index contributed by atoms with van der Waals surface area (Å²) < 4.78 is 11.9. The molecule has 0 amide bonds. The molecule has 1 aromatic carbocycles. The third kappa shape index (κ3) is 5.73. The lowest BCUT2D eigenvalue weighted by atomic mass is 10.2. The van der Waals surface area contributed by atoms with Crippen LogP contribution in [0.3, 0.4) is 0 Å². The molecule has 0 heterocycles. The van der Waals surface area contributed by atoms with Crippen molar-refractivity contribution in [1.82, 2.24) is 5.32 Å². The monoisotopic (exact) mass is 361 g/mol. The van der Waals surface area contributed by atoms with Crippen molar-refractivity contribution in [3.63, 3.8) is 0 Å². The quantitative estimate of drug-likeness (QED) is 0.746. The number of rotatable bonds is 8. The van der Waals surface area contributed by atoms with Crippen molar-refractivity contribution in [3.05, 3.63) is 33.8 Å². The molecule has 0 aliphatic carbocycles. The highest BCUT2D eigenvalue weighted by Gasteiger charge is 2.11. The molecule has 112 valence electrons. The van der Waals surface area contributed by atoms with E-state index in [0.717, 1.165) is 23.1 Å². The van der Waals surface area contributed by atoms with Gasteiger partial charge in [0.2, 0.25) is 0 Å². The van der Waals surface area contributed by atoms with E-state index in [9.17, 15) is 0 Å². The lowest BCUT2D eigenvalue weighted by Gasteiger charge is -2.14. The third-order valence-electron chi connectivity index (χ3n) is 2.58. The summed E-state index contributed by atoms with van der Waals surface area (Å²) in [7, 11) is 1.64. The smallest absolute Gasteiger partial charge is 0.175 e. The third-order valence-corrected chi connectivity index (χ3v) is 3.35. The fraction of sp³-hybridized carbons (Fsp3) is 0.467. The Morgan fingerprint density at radius 1 is 1.40 bits per heavy atom. The zero-order chi connectivity index (χ0) is 15.0. The first-order valence-corrected chi connectivity index (χ1v) is 7.76. The van der Waals surface area contributed by atoms with Gasteiger partial charge in [0.05, 0.1) is 11.6 Å². The second-order valence-electron chi connectivity index (χ2n) is 4.81. The Hall–Kier alpha value is -0.710. The topological polar surface area (TPSA) is 30.5 Å². The molecule has 0 radical (unpaired) electrons. The standard InChI is InChI=1S/C15H21BrClNO2/c1-11(2)9-18-10-12-7-13(16)15(14(8-12)19-3)20-6-4-5-17/h4-5,7-8,11,18H,6,9-10H2,1-3H3. The van der Waals surface area contributed by atoms with E-state index in [-0.39, 0.29) is 0 Å². The van der Waals surface area contributed by atoms with Crippen LogP contribution >= 0.6 is 27.5 Å². The van der Waals surface area contributed by atoms with Gasteiger partial charge in [0.25, 0.3) is 0 Å². The highest BCUT2D eigenvalue weighted by Crippen LogP contribution is 2.36. The van der Waals surface area contributed by atoms with Crippen molar-refractivity contribution in [2.24, 2.45) is 5.92 Å². The number of methoxy groups -OCH3 is 1. The molecule has 0 aromatic heterocycles. The van der Waals surface area contributed by atoms with Gasteiger partial charge >= 0.3 is 0 Å². The van der Waals surface area contributed by atoms with Crippen molar-refractivity contribution < 1.29 is 9.47 Å². The number of nitrogens with one attached hydrogen (secondary N) is 1. The number of hydrogen-bond acceptors (Lipinski definition) is 3. The van der Waals surface area contributed by atoms with Crippen LogP contribution < -0.4 is 14.8 Å². The molecule has 0 saturated carbocycles. The van der Waals surface area contributed by atoms with Gasteiger partial charge in [0.1, 0.15) is 6.61 Å². The van der Waals surface area contributed by atoms with Crippen molar-refractivity contribution in [2.45, 2.75) is 20.4 Å². The van der Waals surface area contributed by atoms with Crippen LogP contribution in [-0.4, -0.2) is 20.3 Å². The van der Waals surface area contributed by atoms with E-state index in [2.05, 4.69) is 35.1 Å². The van der Waals surface area contributed by atoms with Crippen molar-refractivity contribution in [3.8, 4) is 11.5 Å². The van der Waals surface area contributed by atoms with Crippen LogP contribution in [-0.2, 0) is 6.54 Å². The maximum atomic E-state index is 5.63. The second kappa shape index (κ2) is 9.27. The second-order valence-corrected chi connectivity index (χ2v) is 5.91. The van der Waals surface area contributed by atoms with Gasteiger partial charge in [-0.25, -0.2) is 0 Å². The highest BCUT2D eigenvalue weighted by molar-refractivity contribution is 9.10. The van der Waals surface area contributed by atoms with E-state index in [4.69, 9.17) is 21.1 Å². The number of benzene rings is 1. The molecule has 1 aromatic rings. The lowest BCUT2D eigenvalue weighted by molar-refractivity contribution is 0.324. The van der Waals surface area contributed by atoms with Crippen LogP contribution in [0, 0.1) is 5.92 Å². The molecule has 5 heteroatoms. The molecule has 0 bridgehead atoms. The van der Waals surface area contributed by atoms with Gasteiger partial charge in [-0.15, -0.1) is 0 Å². The van der Waals surface area contributed by atoms with Gasteiger partial charge in [0.15, 0.2) is 11.5 Å². The minimum atomic E-state index is 0.406. The fourth-order valence-corrected chi connectivity index (χ4v) is 2.36. The predicted octanol–water partition coefficient (Wildman–Crippen LogP) is 4.33. The predicted molar refractivity (Wildman–Crippen MR) is 87.7 cm³/mol. The van der Waals surface area contributed by atoms with Crippen LogP contribution in [0.2, 0.25) is 0 Å². The molecule has 0 aliphatic heterocycles. The number of hydrogen-bond donors (Lipinski definition) is 1. The largest absolute Gasteiger partial charge is 0.493 e. The van der Waals surface area contributed by atoms with Crippen molar-refractivity contribution in [1.29, 1.82) is 0 Å². The van der Waals surface area contributed by atoms with Crippen LogP contribution in [0.5, 0.6) is 11.5 Å². The summed E-state index contributed by atoms with van der Waals surface area (Å²) in [6.45, 7) is 6.56. The van der Waals surface area contributed by atoms with Gasteiger partial charge in [-0.3, -0.25) is 0 Å². The van der Waals surface area contributed by atoms with E-state index in [1.54, 1.807) is 13.2 Å². The lowest BCUT2D eigenvalue weighted by Crippen LogP contribution is -2.19. The number of ether oxygens (including phenoxy) is 2. The van der Waals surface area contributed by atoms with Gasteiger partial charge in [-0.1, -0.05) is 25.4 Å². The van der Waals surface area contributed by atoms with Crippen LogP contribution in [0.25, 0.3) is 0 Å². The summed E-state index contributed by atoms with van der Waals surface area (Å²) in [6, 6.07) is 4.02. The molecule has 20 heavy (non-hydrogen) atoms. The first kappa shape index (κ1) is 17.3. The van der Waals surface area contributed by atoms with E-state index >= 15 is 0 Å². The van der Waals surface area contributed by atoms with Crippen LogP contribution in [0.15, 0.2) is 28.2 Å². The molecule has 0 unspecified atom stereocenters. The Balaban J connectivity index is 2.78.